The topological polar surface area (TPSA) is 52.6 Å². The van der Waals surface area contributed by atoms with E-state index in [1.165, 1.54) is 0 Å². The smallest absolute Gasteiger partial charge is 0.304 e. The first kappa shape index (κ1) is 11.2. The molecule has 0 aromatic carbocycles. The van der Waals surface area contributed by atoms with Crippen molar-refractivity contribution in [3.63, 3.8) is 0 Å². The maximum absolute atomic E-state index is 10.6. The molecule has 0 radical (unpaired) electrons. The number of aliphatic carboxylic acids is 1. The predicted molar refractivity (Wildman–Crippen MR) is 55.3 cm³/mol. The first-order valence-electron chi connectivity index (χ1n) is 5.01. The molecule has 0 saturated carbocycles. The van der Waals surface area contributed by atoms with Crippen LogP contribution in [-0.2, 0) is 4.79 Å². The van der Waals surface area contributed by atoms with Gasteiger partial charge in [-0.05, 0) is 13.0 Å². The highest BCUT2D eigenvalue weighted by Gasteiger charge is 2.21. The van der Waals surface area contributed by atoms with Gasteiger partial charge in [-0.2, -0.15) is 0 Å². The van der Waals surface area contributed by atoms with Crippen LogP contribution in [-0.4, -0.2) is 48.2 Å². The van der Waals surface area contributed by atoms with Gasteiger partial charge in [-0.1, -0.05) is 6.08 Å². The van der Waals surface area contributed by atoms with Crippen molar-refractivity contribution < 1.29 is 9.90 Å². The summed E-state index contributed by atoms with van der Waals surface area (Å²) in [5.41, 5.74) is 0. The number of nitrogens with one attached hydrogen (secondary N) is 1. The van der Waals surface area contributed by atoms with Crippen LogP contribution in [0.5, 0.6) is 0 Å². The summed E-state index contributed by atoms with van der Waals surface area (Å²) < 4.78 is 0. The van der Waals surface area contributed by atoms with Crippen molar-refractivity contribution in [2.24, 2.45) is 0 Å². The van der Waals surface area contributed by atoms with E-state index in [1.54, 1.807) is 0 Å². The highest BCUT2D eigenvalue weighted by Crippen LogP contribution is 2.07. The molecule has 1 fully saturated rings. The molecule has 2 N–H and O–H groups in total. The van der Waals surface area contributed by atoms with Crippen LogP contribution in [0.4, 0.5) is 0 Å². The molecule has 0 aliphatic carbocycles. The fourth-order valence-corrected chi connectivity index (χ4v) is 1.80. The Labute approximate surface area is 84.6 Å². The molecule has 1 aliphatic rings. The summed E-state index contributed by atoms with van der Waals surface area (Å²) in [4.78, 5) is 12.8. The molecular formula is C10H18N2O2. The summed E-state index contributed by atoms with van der Waals surface area (Å²) in [5, 5.41) is 12.0. The molecule has 1 aliphatic heterocycles. The molecule has 0 amide bonds. The minimum Gasteiger partial charge on any atom is -0.481 e. The molecular weight excluding hydrogens is 180 g/mol. The van der Waals surface area contributed by atoms with E-state index in [9.17, 15) is 4.79 Å². The number of carboxylic acid groups (broad SMARTS) is 1. The second kappa shape index (κ2) is 5.78. The molecule has 4 heteroatoms. The lowest BCUT2D eigenvalue weighted by Crippen LogP contribution is -2.41. The zero-order valence-corrected chi connectivity index (χ0v) is 8.41. The molecule has 0 aromatic rings. The van der Waals surface area contributed by atoms with Crippen LogP contribution in [0.3, 0.4) is 0 Å². The van der Waals surface area contributed by atoms with Crippen LogP contribution in [0.25, 0.3) is 0 Å². The Balaban J connectivity index is 2.53. The average Bonchev–Trinajstić information content (AvgIpc) is 2.32. The van der Waals surface area contributed by atoms with Crippen molar-refractivity contribution in [2.75, 3.05) is 26.2 Å². The summed E-state index contributed by atoms with van der Waals surface area (Å²) in [6.07, 6.45) is 3.12. The van der Waals surface area contributed by atoms with E-state index < -0.39 is 5.97 Å². The molecule has 0 spiro atoms. The second-order valence-corrected chi connectivity index (χ2v) is 3.59. The highest BCUT2D eigenvalue weighted by molar-refractivity contribution is 5.67. The van der Waals surface area contributed by atoms with E-state index in [-0.39, 0.29) is 12.5 Å². The van der Waals surface area contributed by atoms with Gasteiger partial charge in [0.05, 0.1) is 6.42 Å². The van der Waals surface area contributed by atoms with Gasteiger partial charge in [0, 0.05) is 25.7 Å². The maximum Gasteiger partial charge on any atom is 0.304 e. The van der Waals surface area contributed by atoms with Crippen molar-refractivity contribution in [1.29, 1.82) is 0 Å². The van der Waals surface area contributed by atoms with Gasteiger partial charge in [0.2, 0.25) is 0 Å². The predicted octanol–water partition coefficient (Wildman–Crippen LogP) is 0.311. The molecule has 80 valence electrons. The lowest BCUT2D eigenvalue weighted by Gasteiger charge is -2.27. The first-order chi connectivity index (χ1) is 6.74. The Bertz CT molecular complexity index is 206. The maximum atomic E-state index is 10.6. The van der Waals surface area contributed by atoms with E-state index in [1.807, 2.05) is 6.08 Å². The normalized spacial score (nSPS) is 24.1. The van der Waals surface area contributed by atoms with E-state index in [2.05, 4.69) is 16.8 Å². The van der Waals surface area contributed by atoms with Crippen LogP contribution in [0, 0.1) is 0 Å². The number of hydrogen-bond donors (Lipinski definition) is 2. The molecule has 1 saturated heterocycles. The van der Waals surface area contributed by atoms with Gasteiger partial charge in [-0.25, -0.2) is 0 Å². The highest BCUT2D eigenvalue weighted by atomic mass is 16.4. The van der Waals surface area contributed by atoms with Crippen molar-refractivity contribution in [3.05, 3.63) is 12.7 Å². The van der Waals surface area contributed by atoms with E-state index in [0.29, 0.717) is 0 Å². The number of carbonyl (C=O) groups is 1. The van der Waals surface area contributed by atoms with Gasteiger partial charge in [-0.3, -0.25) is 9.69 Å². The summed E-state index contributed by atoms with van der Waals surface area (Å²) in [7, 11) is 0. The van der Waals surface area contributed by atoms with Crippen LogP contribution < -0.4 is 5.32 Å². The van der Waals surface area contributed by atoms with Crippen LogP contribution in [0.2, 0.25) is 0 Å². The minimum atomic E-state index is -0.729. The summed E-state index contributed by atoms with van der Waals surface area (Å²) >= 11 is 0. The van der Waals surface area contributed by atoms with Crippen LogP contribution in [0.1, 0.15) is 12.8 Å². The van der Waals surface area contributed by atoms with E-state index >= 15 is 0 Å². The molecule has 0 bridgehead atoms. The van der Waals surface area contributed by atoms with Crippen molar-refractivity contribution in [2.45, 2.75) is 18.9 Å². The quantitative estimate of drug-likeness (QED) is 0.638. The van der Waals surface area contributed by atoms with Gasteiger partial charge in [0.15, 0.2) is 0 Å². The van der Waals surface area contributed by atoms with Gasteiger partial charge in [-0.15, -0.1) is 6.58 Å². The monoisotopic (exact) mass is 198 g/mol. The van der Waals surface area contributed by atoms with Gasteiger partial charge in [0.25, 0.3) is 0 Å². The first-order valence-corrected chi connectivity index (χ1v) is 5.01. The molecule has 1 unspecified atom stereocenters. The Morgan fingerprint density at radius 2 is 2.50 bits per heavy atom. The van der Waals surface area contributed by atoms with Crippen molar-refractivity contribution >= 4 is 5.97 Å². The SMILES string of the molecule is C=CCN1CCCNCC1CC(=O)O. The third-order valence-corrected chi connectivity index (χ3v) is 2.47. The number of nitrogens with zero attached hydrogens (tertiary/aromatic N) is 1. The molecule has 14 heavy (non-hydrogen) atoms. The molecule has 1 atom stereocenters. The van der Waals surface area contributed by atoms with Crippen LogP contribution in [0.15, 0.2) is 12.7 Å². The summed E-state index contributed by atoms with van der Waals surface area (Å²) in [6.45, 7) is 7.16. The number of carboxylic acids is 1. The lowest BCUT2D eigenvalue weighted by atomic mass is 10.1. The van der Waals surface area contributed by atoms with Gasteiger partial charge in [0.1, 0.15) is 0 Å². The molecule has 0 aromatic heterocycles. The molecule has 4 nitrogen and oxygen atoms in total. The average molecular weight is 198 g/mol. The Kier molecular flexibility index (Phi) is 4.62. The second-order valence-electron chi connectivity index (χ2n) is 3.59. The van der Waals surface area contributed by atoms with Crippen molar-refractivity contribution in [3.8, 4) is 0 Å². The number of rotatable bonds is 4. The standard InChI is InChI=1S/C10H18N2O2/c1-2-5-12-6-3-4-11-8-9(12)7-10(13)14/h2,9,11H,1,3-8H2,(H,13,14). The Hall–Kier alpha value is -0.870. The third-order valence-electron chi connectivity index (χ3n) is 2.47. The zero-order chi connectivity index (χ0) is 10.4. The van der Waals surface area contributed by atoms with E-state index in [4.69, 9.17) is 5.11 Å². The largest absolute Gasteiger partial charge is 0.481 e. The lowest BCUT2D eigenvalue weighted by molar-refractivity contribution is -0.138. The minimum absolute atomic E-state index is 0.105. The molecule has 1 rings (SSSR count). The zero-order valence-electron chi connectivity index (χ0n) is 8.41. The van der Waals surface area contributed by atoms with Crippen LogP contribution >= 0.6 is 0 Å². The summed E-state index contributed by atoms with van der Waals surface area (Å²) in [6, 6.07) is 0.105. The van der Waals surface area contributed by atoms with E-state index in [0.717, 1.165) is 32.6 Å². The fourth-order valence-electron chi connectivity index (χ4n) is 1.80. The van der Waals surface area contributed by atoms with Gasteiger partial charge >= 0.3 is 5.97 Å². The fraction of sp³-hybridized carbons (Fsp3) is 0.700. The van der Waals surface area contributed by atoms with Crippen molar-refractivity contribution in [1.82, 2.24) is 10.2 Å². The summed E-state index contributed by atoms with van der Waals surface area (Å²) in [5.74, 6) is -0.729. The Morgan fingerprint density at radius 1 is 1.71 bits per heavy atom. The molecule has 1 heterocycles. The Morgan fingerprint density at radius 3 is 3.14 bits per heavy atom. The van der Waals surface area contributed by atoms with Gasteiger partial charge < -0.3 is 10.4 Å². The number of hydrogen-bond acceptors (Lipinski definition) is 3. The third kappa shape index (κ3) is 3.47.